The van der Waals surface area contributed by atoms with E-state index in [0.717, 1.165) is 0 Å². The molecule has 0 saturated carbocycles. The van der Waals surface area contributed by atoms with E-state index in [-0.39, 0.29) is 0 Å². The van der Waals surface area contributed by atoms with Crippen molar-refractivity contribution in [2.24, 2.45) is 0 Å². The van der Waals surface area contributed by atoms with Gasteiger partial charge in [0.05, 0.1) is 0 Å². The summed E-state index contributed by atoms with van der Waals surface area (Å²) in [5.74, 6) is 0. The van der Waals surface area contributed by atoms with Gasteiger partial charge in [0.25, 0.3) is 0 Å². The molecule has 2 rings (SSSR count). The van der Waals surface area contributed by atoms with Crippen LogP contribution >= 0.6 is 0 Å². The van der Waals surface area contributed by atoms with E-state index in [9.17, 15) is 0 Å². The molecule has 0 fully saturated rings. The minimum atomic E-state index is 1.34. The van der Waals surface area contributed by atoms with Crippen LogP contribution in [0.25, 0.3) is 11.1 Å². The van der Waals surface area contributed by atoms with Crippen LogP contribution in [-0.2, 0) is 0 Å². The van der Waals surface area contributed by atoms with Crippen LogP contribution in [-0.4, -0.2) is 0 Å². The topological polar surface area (TPSA) is 0 Å². The summed E-state index contributed by atoms with van der Waals surface area (Å²) in [6.45, 7) is 15.0. The Labute approximate surface area is 118 Å². The molecule has 2 aromatic rings. The normalized spacial score (nSPS) is 9.84. The number of aryl methyl sites for hydroxylation is 4. The maximum absolute atomic E-state index is 2.27. The van der Waals surface area contributed by atoms with E-state index in [0.29, 0.717) is 0 Å². The monoisotopic (exact) mass is 254 g/mol. The largest absolute Gasteiger partial charge is 0.0683 e. The Balaban J connectivity index is 0.000000861. The molecule has 19 heavy (non-hydrogen) atoms. The van der Waals surface area contributed by atoms with Crippen molar-refractivity contribution in [2.75, 3.05) is 0 Å². The molecule has 0 aliphatic carbocycles. The third-order valence-corrected chi connectivity index (χ3v) is 3.55. The Hall–Kier alpha value is -1.56. The van der Waals surface area contributed by atoms with Crippen LogP contribution in [0.1, 0.15) is 41.7 Å². The lowest BCUT2D eigenvalue weighted by Crippen LogP contribution is -1.93. The van der Waals surface area contributed by atoms with Crippen molar-refractivity contribution < 1.29 is 0 Å². The van der Waals surface area contributed by atoms with Gasteiger partial charge in [0.2, 0.25) is 0 Å². The molecule has 0 atom stereocenters. The van der Waals surface area contributed by atoms with Crippen LogP contribution in [0.15, 0.2) is 30.3 Å². The predicted octanol–water partition coefficient (Wildman–Crippen LogP) is 5.92. The highest BCUT2D eigenvalue weighted by atomic mass is 14.1. The maximum Gasteiger partial charge on any atom is -0.0122 e. The summed E-state index contributed by atoms with van der Waals surface area (Å²) in [7, 11) is 0. The van der Waals surface area contributed by atoms with E-state index in [1.807, 2.05) is 13.8 Å². The van der Waals surface area contributed by atoms with Crippen LogP contribution in [0.5, 0.6) is 0 Å². The fourth-order valence-electron chi connectivity index (χ4n) is 2.63. The van der Waals surface area contributed by atoms with Gasteiger partial charge in [0.15, 0.2) is 0 Å². The summed E-state index contributed by atoms with van der Waals surface area (Å²) in [6.07, 6.45) is 0. The molecule has 0 aliphatic heterocycles. The first-order valence-corrected chi connectivity index (χ1v) is 7.15. The summed E-state index contributed by atoms with van der Waals surface area (Å²) in [6, 6.07) is 11.1. The van der Waals surface area contributed by atoms with Gasteiger partial charge in [-0.3, -0.25) is 0 Å². The number of benzene rings is 2. The average Bonchev–Trinajstić information content (AvgIpc) is 2.36. The Morgan fingerprint density at radius 2 is 1.21 bits per heavy atom. The predicted molar refractivity (Wildman–Crippen MR) is 86.9 cm³/mol. The molecule has 0 nitrogen and oxygen atoms in total. The van der Waals surface area contributed by atoms with E-state index >= 15 is 0 Å². The lowest BCUT2D eigenvalue weighted by atomic mass is 9.90. The highest BCUT2D eigenvalue weighted by Crippen LogP contribution is 2.31. The van der Waals surface area contributed by atoms with E-state index in [1.54, 1.807) is 0 Å². The molecule has 0 heteroatoms. The van der Waals surface area contributed by atoms with Crippen LogP contribution in [0, 0.1) is 34.6 Å². The van der Waals surface area contributed by atoms with Crippen molar-refractivity contribution in [3.05, 3.63) is 58.1 Å². The van der Waals surface area contributed by atoms with Gasteiger partial charge in [0.1, 0.15) is 0 Å². The van der Waals surface area contributed by atoms with Crippen molar-refractivity contribution in [2.45, 2.75) is 48.5 Å². The highest BCUT2D eigenvalue weighted by molar-refractivity contribution is 5.74. The molecule has 2 aromatic carbocycles. The average molecular weight is 254 g/mol. The lowest BCUT2D eigenvalue weighted by molar-refractivity contribution is 1.28. The SMILES string of the molecule is CC.Cc1cc(C)c(-c2cccc(C)c2C)c(C)c1. The van der Waals surface area contributed by atoms with Gasteiger partial charge in [0, 0.05) is 0 Å². The molecule has 0 aliphatic rings. The van der Waals surface area contributed by atoms with Crippen LogP contribution in [0.4, 0.5) is 0 Å². The Morgan fingerprint density at radius 3 is 1.74 bits per heavy atom. The molecule has 0 saturated heterocycles. The van der Waals surface area contributed by atoms with Crippen LogP contribution in [0.3, 0.4) is 0 Å². The molecule has 0 radical (unpaired) electrons. The van der Waals surface area contributed by atoms with Crippen LogP contribution < -0.4 is 0 Å². The van der Waals surface area contributed by atoms with Crippen LogP contribution in [0.2, 0.25) is 0 Å². The van der Waals surface area contributed by atoms with Crippen molar-refractivity contribution in [1.82, 2.24) is 0 Å². The number of hydrogen-bond donors (Lipinski definition) is 0. The molecule has 0 aromatic heterocycles. The van der Waals surface area contributed by atoms with E-state index in [4.69, 9.17) is 0 Å². The first kappa shape index (κ1) is 15.5. The Kier molecular flexibility index (Phi) is 5.35. The van der Waals surface area contributed by atoms with Crippen molar-refractivity contribution >= 4 is 0 Å². The van der Waals surface area contributed by atoms with Gasteiger partial charge < -0.3 is 0 Å². The minimum Gasteiger partial charge on any atom is -0.0683 e. The summed E-state index contributed by atoms with van der Waals surface area (Å²) >= 11 is 0. The second-order valence-corrected chi connectivity index (χ2v) is 5.02. The second kappa shape index (κ2) is 6.56. The molecular formula is C19H26. The van der Waals surface area contributed by atoms with Gasteiger partial charge >= 0.3 is 0 Å². The zero-order chi connectivity index (χ0) is 14.6. The Morgan fingerprint density at radius 1 is 0.684 bits per heavy atom. The maximum atomic E-state index is 2.27. The second-order valence-electron chi connectivity index (χ2n) is 5.02. The number of rotatable bonds is 1. The van der Waals surface area contributed by atoms with Crippen molar-refractivity contribution in [1.29, 1.82) is 0 Å². The summed E-state index contributed by atoms with van der Waals surface area (Å²) < 4.78 is 0. The molecule has 0 bridgehead atoms. The van der Waals surface area contributed by atoms with Crippen molar-refractivity contribution in [3.63, 3.8) is 0 Å². The molecule has 0 amide bonds. The number of hydrogen-bond acceptors (Lipinski definition) is 0. The standard InChI is InChI=1S/C17H20.C2H6/c1-11-9-13(3)17(14(4)10-11)16-8-6-7-12(2)15(16)5;1-2/h6-10H,1-5H3;1-2H3. The molecule has 0 heterocycles. The Bertz CT molecular complexity index is 539. The third-order valence-electron chi connectivity index (χ3n) is 3.55. The summed E-state index contributed by atoms with van der Waals surface area (Å²) in [5.41, 5.74) is 9.61. The fourth-order valence-corrected chi connectivity index (χ4v) is 2.63. The molecule has 0 spiro atoms. The fraction of sp³-hybridized carbons (Fsp3) is 0.368. The van der Waals surface area contributed by atoms with E-state index in [1.165, 1.54) is 38.9 Å². The molecular weight excluding hydrogens is 228 g/mol. The quantitative estimate of drug-likeness (QED) is 0.592. The third kappa shape index (κ3) is 3.26. The minimum absolute atomic E-state index is 1.34. The van der Waals surface area contributed by atoms with E-state index < -0.39 is 0 Å². The van der Waals surface area contributed by atoms with Gasteiger partial charge in [-0.1, -0.05) is 49.7 Å². The first-order chi connectivity index (χ1) is 9.00. The van der Waals surface area contributed by atoms with Gasteiger partial charge in [-0.2, -0.15) is 0 Å². The lowest BCUT2D eigenvalue weighted by Gasteiger charge is -2.15. The summed E-state index contributed by atoms with van der Waals surface area (Å²) in [5, 5.41) is 0. The molecule has 0 N–H and O–H groups in total. The smallest absolute Gasteiger partial charge is 0.0122 e. The molecule has 102 valence electrons. The van der Waals surface area contributed by atoms with Gasteiger partial charge in [-0.05, 0) is 68.0 Å². The zero-order valence-electron chi connectivity index (χ0n) is 13.4. The van der Waals surface area contributed by atoms with Gasteiger partial charge in [-0.25, -0.2) is 0 Å². The van der Waals surface area contributed by atoms with Gasteiger partial charge in [-0.15, -0.1) is 0 Å². The highest BCUT2D eigenvalue weighted by Gasteiger charge is 2.09. The first-order valence-electron chi connectivity index (χ1n) is 7.15. The van der Waals surface area contributed by atoms with Crippen molar-refractivity contribution in [3.8, 4) is 11.1 Å². The summed E-state index contributed by atoms with van der Waals surface area (Å²) in [4.78, 5) is 0. The molecule has 0 unspecified atom stereocenters. The van der Waals surface area contributed by atoms with E-state index in [2.05, 4.69) is 65.0 Å². The zero-order valence-corrected chi connectivity index (χ0v) is 13.4.